The minimum absolute atomic E-state index is 0.227. The second kappa shape index (κ2) is 4.14. The first-order chi connectivity index (χ1) is 8.75. The van der Waals surface area contributed by atoms with Crippen molar-refractivity contribution in [3.63, 3.8) is 0 Å². The minimum Gasteiger partial charge on any atom is -0.369 e. The molecule has 0 spiro atoms. The van der Waals surface area contributed by atoms with Gasteiger partial charge < -0.3 is 10.3 Å². The summed E-state index contributed by atoms with van der Waals surface area (Å²) in [5.74, 6) is 0.175. The van der Waals surface area contributed by atoms with E-state index in [9.17, 15) is 4.39 Å². The number of nitrogens with zero attached hydrogens (tertiary/aromatic N) is 2. The molecule has 0 atom stereocenters. The Kier molecular flexibility index (Phi) is 2.48. The molecule has 0 aliphatic rings. The number of fused-ring (bicyclic) bond motifs is 1. The van der Waals surface area contributed by atoms with E-state index in [1.807, 2.05) is 34.9 Å². The predicted octanol–water partition coefficient (Wildman–Crippen LogP) is 2.81. The summed E-state index contributed by atoms with van der Waals surface area (Å²) < 4.78 is 15.5. The van der Waals surface area contributed by atoms with Crippen LogP contribution in [-0.2, 0) is 6.54 Å². The summed E-state index contributed by atoms with van der Waals surface area (Å²) in [6.45, 7) is 0.388. The number of hydrogen-bond acceptors (Lipinski definition) is 2. The summed E-state index contributed by atoms with van der Waals surface area (Å²) in [5.41, 5.74) is 8.23. The van der Waals surface area contributed by atoms with Crippen molar-refractivity contribution in [2.24, 2.45) is 0 Å². The van der Waals surface area contributed by atoms with E-state index < -0.39 is 0 Å². The second-order valence-electron chi connectivity index (χ2n) is 4.14. The van der Waals surface area contributed by atoms with Crippen LogP contribution >= 0.6 is 0 Å². The first-order valence-electron chi connectivity index (χ1n) is 5.70. The smallest absolute Gasteiger partial charge is 0.201 e. The first kappa shape index (κ1) is 10.8. The van der Waals surface area contributed by atoms with Gasteiger partial charge in [0.25, 0.3) is 0 Å². The van der Waals surface area contributed by atoms with Gasteiger partial charge in [-0.2, -0.15) is 0 Å². The highest BCUT2D eigenvalue weighted by molar-refractivity contribution is 5.78. The Hall–Kier alpha value is -2.36. The fraction of sp³-hybridized carbons (Fsp3) is 0.0714. The lowest BCUT2D eigenvalue weighted by atomic mass is 10.2. The summed E-state index contributed by atoms with van der Waals surface area (Å²) in [6.07, 6.45) is 0. The Morgan fingerprint density at radius 1 is 1.06 bits per heavy atom. The Balaban J connectivity index is 2.10. The van der Waals surface area contributed by atoms with Gasteiger partial charge in [-0.1, -0.05) is 30.3 Å². The monoisotopic (exact) mass is 241 g/mol. The number of benzene rings is 2. The summed E-state index contributed by atoms with van der Waals surface area (Å²) in [6, 6.07) is 14.3. The zero-order chi connectivity index (χ0) is 12.5. The lowest BCUT2D eigenvalue weighted by Crippen LogP contribution is -2.05. The number of anilines is 1. The minimum atomic E-state index is -0.227. The molecule has 0 aliphatic heterocycles. The largest absolute Gasteiger partial charge is 0.369 e. The standard InChI is InChI=1S/C14H12FN3/c15-11-6-2-1-5-10(11)9-18-13-8-4-3-7-12(13)17-14(18)16/h1-8H,9H2,(H2,16,17). The number of aromatic nitrogens is 2. The maximum absolute atomic E-state index is 13.6. The highest BCUT2D eigenvalue weighted by Gasteiger charge is 2.09. The lowest BCUT2D eigenvalue weighted by Gasteiger charge is -2.07. The molecular formula is C14H12FN3. The number of rotatable bonds is 2. The van der Waals surface area contributed by atoms with Gasteiger partial charge in [0, 0.05) is 5.56 Å². The Bertz CT molecular complexity index is 703. The molecule has 0 aliphatic carbocycles. The number of imidazole rings is 1. The van der Waals surface area contributed by atoms with Crippen molar-refractivity contribution in [3.05, 3.63) is 59.9 Å². The fourth-order valence-electron chi connectivity index (χ4n) is 2.06. The van der Waals surface area contributed by atoms with Gasteiger partial charge in [0.2, 0.25) is 5.95 Å². The van der Waals surface area contributed by atoms with Gasteiger partial charge in [-0.3, -0.25) is 0 Å². The molecule has 0 saturated heterocycles. The molecule has 2 N–H and O–H groups in total. The molecule has 0 bridgehead atoms. The van der Waals surface area contributed by atoms with Crippen molar-refractivity contribution in [1.29, 1.82) is 0 Å². The van der Waals surface area contributed by atoms with Crippen LogP contribution in [0.1, 0.15) is 5.56 Å². The van der Waals surface area contributed by atoms with Crippen LogP contribution in [0.25, 0.3) is 11.0 Å². The average molecular weight is 241 g/mol. The van der Waals surface area contributed by atoms with E-state index in [0.29, 0.717) is 18.1 Å². The van der Waals surface area contributed by atoms with Crippen LogP contribution in [0.4, 0.5) is 10.3 Å². The maximum atomic E-state index is 13.6. The molecule has 3 aromatic rings. The van der Waals surface area contributed by atoms with Gasteiger partial charge in [0.05, 0.1) is 17.6 Å². The molecule has 0 fully saturated rings. The lowest BCUT2D eigenvalue weighted by molar-refractivity contribution is 0.602. The Morgan fingerprint density at radius 2 is 1.78 bits per heavy atom. The molecule has 0 saturated carbocycles. The summed E-state index contributed by atoms with van der Waals surface area (Å²) >= 11 is 0. The van der Waals surface area contributed by atoms with Crippen LogP contribution in [0.3, 0.4) is 0 Å². The third-order valence-electron chi connectivity index (χ3n) is 2.97. The van der Waals surface area contributed by atoms with Crippen molar-refractivity contribution in [1.82, 2.24) is 9.55 Å². The van der Waals surface area contributed by atoms with Crippen LogP contribution in [0.15, 0.2) is 48.5 Å². The number of nitrogens with two attached hydrogens (primary N) is 1. The van der Waals surface area contributed by atoms with Crippen molar-refractivity contribution < 1.29 is 4.39 Å². The normalized spacial score (nSPS) is 10.9. The number of hydrogen-bond donors (Lipinski definition) is 1. The zero-order valence-electron chi connectivity index (χ0n) is 9.68. The third kappa shape index (κ3) is 1.72. The van der Waals surface area contributed by atoms with Crippen LogP contribution in [0, 0.1) is 5.82 Å². The summed E-state index contributed by atoms with van der Waals surface area (Å²) in [7, 11) is 0. The van der Waals surface area contributed by atoms with E-state index in [-0.39, 0.29) is 5.82 Å². The highest BCUT2D eigenvalue weighted by Crippen LogP contribution is 2.19. The highest BCUT2D eigenvalue weighted by atomic mass is 19.1. The second-order valence-corrected chi connectivity index (χ2v) is 4.14. The SMILES string of the molecule is Nc1nc2ccccc2n1Cc1ccccc1F. The van der Waals surface area contributed by atoms with Gasteiger partial charge in [-0.15, -0.1) is 0 Å². The van der Waals surface area contributed by atoms with E-state index in [0.717, 1.165) is 11.0 Å². The summed E-state index contributed by atoms with van der Waals surface area (Å²) in [5, 5.41) is 0. The van der Waals surface area contributed by atoms with E-state index in [1.54, 1.807) is 12.1 Å². The molecule has 2 aromatic carbocycles. The molecule has 18 heavy (non-hydrogen) atoms. The van der Waals surface area contributed by atoms with Crippen LogP contribution in [0.5, 0.6) is 0 Å². The van der Waals surface area contributed by atoms with Crippen LogP contribution < -0.4 is 5.73 Å². The van der Waals surface area contributed by atoms with E-state index in [2.05, 4.69) is 4.98 Å². The van der Waals surface area contributed by atoms with Gasteiger partial charge in [-0.05, 0) is 18.2 Å². The van der Waals surface area contributed by atoms with Gasteiger partial charge >= 0.3 is 0 Å². The molecule has 1 aromatic heterocycles. The van der Waals surface area contributed by atoms with Crippen LogP contribution in [-0.4, -0.2) is 9.55 Å². The molecule has 0 radical (unpaired) electrons. The topological polar surface area (TPSA) is 43.8 Å². The van der Waals surface area contributed by atoms with Crippen molar-refractivity contribution in [3.8, 4) is 0 Å². The Labute approximate surface area is 104 Å². The van der Waals surface area contributed by atoms with Crippen molar-refractivity contribution in [2.75, 3.05) is 5.73 Å². The number of nitrogen functional groups attached to an aromatic ring is 1. The molecule has 3 rings (SSSR count). The molecule has 1 heterocycles. The predicted molar refractivity (Wildman–Crippen MR) is 69.6 cm³/mol. The fourth-order valence-corrected chi connectivity index (χ4v) is 2.06. The molecule has 0 amide bonds. The Morgan fingerprint density at radius 3 is 2.61 bits per heavy atom. The maximum Gasteiger partial charge on any atom is 0.201 e. The van der Waals surface area contributed by atoms with E-state index >= 15 is 0 Å². The van der Waals surface area contributed by atoms with Gasteiger partial charge in [0.1, 0.15) is 5.82 Å². The number of halogens is 1. The van der Waals surface area contributed by atoms with E-state index in [4.69, 9.17) is 5.73 Å². The van der Waals surface area contributed by atoms with Crippen molar-refractivity contribution in [2.45, 2.75) is 6.54 Å². The van der Waals surface area contributed by atoms with Gasteiger partial charge in [0.15, 0.2) is 0 Å². The van der Waals surface area contributed by atoms with Crippen molar-refractivity contribution >= 4 is 17.0 Å². The molecular weight excluding hydrogens is 229 g/mol. The van der Waals surface area contributed by atoms with Gasteiger partial charge in [-0.25, -0.2) is 9.37 Å². The average Bonchev–Trinajstić information content (AvgIpc) is 2.69. The van der Waals surface area contributed by atoms with E-state index in [1.165, 1.54) is 6.07 Å². The van der Waals surface area contributed by atoms with Crippen LogP contribution in [0.2, 0.25) is 0 Å². The quantitative estimate of drug-likeness (QED) is 0.749. The molecule has 90 valence electrons. The third-order valence-corrected chi connectivity index (χ3v) is 2.97. The molecule has 4 heteroatoms. The first-order valence-corrected chi connectivity index (χ1v) is 5.70. The molecule has 3 nitrogen and oxygen atoms in total. The summed E-state index contributed by atoms with van der Waals surface area (Å²) in [4.78, 5) is 4.26. The molecule has 0 unspecified atom stereocenters. The number of para-hydroxylation sites is 2. The zero-order valence-corrected chi connectivity index (χ0v) is 9.68.